The number of benzene rings is 2. The summed E-state index contributed by atoms with van der Waals surface area (Å²) in [4.78, 5) is 20.6. The molecule has 0 aliphatic carbocycles. The van der Waals surface area contributed by atoms with Crippen LogP contribution in [0.25, 0.3) is 12.2 Å². The van der Waals surface area contributed by atoms with Gasteiger partial charge in [-0.05, 0) is 55.0 Å². The molecule has 0 radical (unpaired) electrons. The predicted octanol–water partition coefficient (Wildman–Crippen LogP) is 3.85. The molecule has 1 aromatic heterocycles. The van der Waals surface area contributed by atoms with E-state index in [9.17, 15) is 10.1 Å². The minimum atomic E-state index is -0.0949. The summed E-state index contributed by atoms with van der Waals surface area (Å²) in [7, 11) is 1.60. The van der Waals surface area contributed by atoms with Crippen molar-refractivity contribution < 1.29 is 23.4 Å². The van der Waals surface area contributed by atoms with E-state index in [0.717, 1.165) is 17.1 Å². The predicted molar refractivity (Wildman–Crippen MR) is 135 cm³/mol. The Labute approximate surface area is 210 Å². The second-order valence-corrected chi connectivity index (χ2v) is 7.99. The lowest BCUT2D eigenvalue weighted by Crippen LogP contribution is -2.50. The van der Waals surface area contributed by atoms with E-state index in [0.29, 0.717) is 50.3 Å². The van der Waals surface area contributed by atoms with Gasteiger partial charge in [-0.3, -0.25) is 4.79 Å². The van der Waals surface area contributed by atoms with Gasteiger partial charge >= 0.3 is 0 Å². The lowest BCUT2D eigenvalue weighted by atomic mass is 10.2. The van der Waals surface area contributed by atoms with E-state index in [2.05, 4.69) is 11.1 Å². The van der Waals surface area contributed by atoms with Gasteiger partial charge in [0.25, 0.3) is 5.91 Å². The Morgan fingerprint density at radius 2 is 1.64 bits per heavy atom. The van der Waals surface area contributed by atoms with Crippen molar-refractivity contribution in [2.45, 2.75) is 6.92 Å². The normalized spacial score (nSPS) is 13.5. The Bertz CT molecular complexity index is 1220. The number of nitrogens with zero attached hydrogens (tertiary/aromatic N) is 4. The number of rotatable bonds is 9. The third kappa shape index (κ3) is 6.16. The molecule has 9 nitrogen and oxygen atoms in total. The fourth-order valence-electron chi connectivity index (χ4n) is 3.76. The SMILES string of the molecule is CCOc1ccc(/C=C/c2nc(C#N)c(N3CCN(C(=O)COc4ccc(OC)cc4)CC3)o2)cc1. The highest BCUT2D eigenvalue weighted by molar-refractivity contribution is 5.78. The first-order valence-corrected chi connectivity index (χ1v) is 11.7. The molecule has 1 fully saturated rings. The van der Waals surface area contributed by atoms with Crippen molar-refractivity contribution in [3.8, 4) is 23.3 Å². The van der Waals surface area contributed by atoms with Crippen LogP contribution >= 0.6 is 0 Å². The van der Waals surface area contributed by atoms with Gasteiger partial charge in [-0.15, -0.1) is 0 Å². The average molecular weight is 489 g/mol. The molecule has 9 heteroatoms. The van der Waals surface area contributed by atoms with Crippen molar-refractivity contribution in [3.05, 3.63) is 65.7 Å². The number of oxazole rings is 1. The van der Waals surface area contributed by atoms with Gasteiger partial charge < -0.3 is 28.4 Å². The Hall–Kier alpha value is -4.45. The van der Waals surface area contributed by atoms with Crippen LogP contribution in [-0.2, 0) is 4.79 Å². The Kier molecular flexibility index (Phi) is 8.08. The minimum Gasteiger partial charge on any atom is -0.497 e. The number of anilines is 1. The summed E-state index contributed by atoms with van der Waals surface area (Å²) >= 11 is 0. The number of nitriles is 1. The highest BCUT2D eigenvalue weighted by atomic mass is 16.5. The molecule has 1 amide bonds. The summed E-state index contributed by atoms with van der Waals surface area (Å²) in [5.41, 5.74) is 1.18. The Morgan fingerprint density at radius 1 is 1.00 bits per heavy atom. The van der Waals surface area contributed by atoms with Crippen LogP contribution in [0.2, 0.25) is 0 Å². The highest BCUT2D eigenvalue weighted by Gasteiger charge is 2.26. The molecule has 0 unspecified atom stereocenters. The first-order valence-electron chi connectivity index (χ1n) is 11.7. The van der Waals surface area contributed by atoms with Crippen LogP contribution in [-0.4, -0.2) is 62.3 Å². The monoisotopic (exact) mass is 488 g/mol. The smallest absolute Gasteiger partial charge is 0.260 e. The zero-order valence-electron chi connectivity index (χ0n) is 20.3. The summed E-state index contributed by atoms with van der Waals surface area (Å²) < 4.78 is 22.1. The zero-order chi connectivity index (χ0) is 25.3. The van der Waals surface area contributed by atoms with E-state index >= 15 is 0 Å². The lowest BCUT2D eigenvalue weighted by Gasteiger charge is -2.34. The molecular formula is C27H28N4O5. The van der Waals surface area contributed by atoms with Gasteiger partial charge in [0.2, 0.25) is 17.5 Å². The van der Waals surface area contributed by atoms with E-state index in [1.807, 2.05) is 42.2 Å². The third-order valence-corrected chi connectivity index (χ3v) is 5.68. The van der Waals surface area contributed by atoms with Crippen molar-refractivity contribution in [2.75, 3.05) is 51.4 Å². The summed E-state index contributed by atoms with van der Waals surface area (Å²) in [6, 6.07) is 16.9. The van der Waals surface area contributed by atoms with Crippen LogP contribution in [0.15, 0.2) is 52.9 Å². The van der Waals surface area contributed by atoms with Crippen LogP contribution in [0.4, 0.5) is 5.88 Å². The second kappa shape index (κ2) is 11.8. The number of hydrogen-bond acceptors (Lipinski definition) is 8. The number of amides is 1. The number of aromatic nitrogens is 1. The Morgan fingerprint density at radius 3 is 2.28 bits per heavy atom. The zero-order valence-corrected chi connectivity index (χ0v) is 20.3. The van der Waals surface area contributed by atoms with E-state index in [1.165, 1.54) is 0 Å². The lowest BCUT2D eigenvalue weighted by molar-refractivity contribution is -0.133. The van der Waals surface area contributed by atoms with Gasteiger partial charge in [0, 0.05) is 32.3 Å². The molecule has 0 atom stereocenters. The van der Waals surface area contributed by atoms with Crippen LogP contribution in [0.5, 0.6) is 17.2 Å². The molecule has 186 valence electrons. The molecular weight excluding hydrogens is 460 g/mol. The molecule has 1 saturated heterocycles. The summed E-state index contributed by atoms with van der Waals surface area (Å²) in [5.74, 6) is 2.82. The van der Waals surface area contributed by atoms with Gasteiger partial charge in [0.05, 0.1) is 13.7 Å². The van der Waals surface area contributed by atoms with Gasteiger partial charge in [0.1, 0.15) is 23.3 Å². The van der Waals surface area contributed by atoms with Crippen LogP contribution in [0.1, 0.15) is 24.1 Å². The molecule has 3 aromatic rings. The maximum atomic E-state index is 12.6. The summed E-state index contributed by atoms with van der Waals surface area (Å²) in [6.07, 6.45) is 3.60. The first-order chi connectivity index (χ1) is 17.6. The van der Waals surface area contributed by atoms with Gasteiger partial charge in [-0.1, -0.05) is 12.1 Å². The Balaban J connectivity index is 1.31. The number of carbonyl (C=O) groups is 1. The topological polar surface area (TPSA) is 101 Å². The molecule has 1 aliphatic heterocycles. The van der Waals surface area contributed by atoms with Crippen LogP contribution in [0, 0.1) is 11.3 Å². The number of ether oxygens (including phenoxy) is 3. The van der Waals surface area contributed by atoms with E-state index < -0.39 is 0 Å². The average Bonchev–Trinajstić information content (AvgIpc) is 3.35. The van der Waals surface area contributed by atoms with E-state index in [1.54, 1.807) is 42.4 Å². The van der Waals surface area contributed by atoms with Crippen molar-refractivity contribution in [1.82, 2.24) is 9.88 Å². The minimum absolute atomic E-state index is 0.0431. The number of hydrogen-bond donors (Lipinski definition) is 0. The maximum absolute atomic E-state index is 12.6. The van der Waals surface area contributed by atoms with Crippen LogP contribution in [0.3, 0.4) is 0 Å². The van der Waals surface area contributed by atoms with Crippen molar-refractivity contribution in [3.63, 3.8) is 0 Å². The van der Waals surface area contributed by atoms with E-state index in [-0.39, 0.29) is 18.2 Å². The molecule has 0 spiro atoms. The maximum Gasteiger partial charge on any atom is 0.260 e. The number of piperazine rings is 1. The van der Waals surface area contributed by atoms with Gasteiger partial charge in [0.15, 0.2) is 6.61 Å². The fourth-order valence-corrected chi connectivity index (χ4v) is 3.76. The molecule has 36 heavy (non-hydrogen) atoms. The summed E-state index contributed by atoms with van der Waals surface area (Å²) in [6.45, 7) is 4.56. The molecule has 0 N–H and O–H groups in total. The standard InChI is InChI=1S/C27H28N4O5/c1-3-34-22-7-4-20(5-8-22)6-13-25-29-24(18-28)27(36-25)31-16-14-30(15-17-31)26(32)19-35-23-11-9-21(33-2)10-12-23/h4-13H,3,14-17,19H2,1-2H3/b13-6+. The number of methoxy groups -OCH3 is 1. The molecule has 2 aromatic carbocycles. The second-order valence-electron chi connectivity index (χ2n) is 7.99. The number of carbonyl (C=O) groups excluding carboxylic acids is 1. The molecule has 0 saturated carbocycles. The molecule has 2 heterocycles. The summed E-state index contributed by atoms with van der Waals surface area (Å²) in [5, 5.41) is 9.55. The first kappa shape index (κ1) is 24.7. The molecule has 1 aliphatic rings. The fraction of sp³-hybridized carbons (Fsp3) is 0.296. The largest absolute Gasteiger partial charge is 0.497 e. The van der Waals surface area contributed by atoms with Crippen molar-refractivity contribution >= 4 is 23.9 Å². The van der Waals surface area contributed by atoms with Gasteiger partial charge in [-0.2, -0.15) is 10.2 Å². The van der Waals surface area contributed by atoms with Crippen molar-refractivity contribution in [2.24, 2.45) is 0 Å². The van der Waals surface area contributed by atoms with Gasteiger partial charge in [-0.25, -0.2) is 0 Å². The van der Waals surface area contributed by atoms with Crippen molar-refractivity contribution in [1.29, 1.82) is 5.26 Å². The molecule has 4 rings (SSSR count). The highest BCUT2D eigenvalue weighted by Crippen LogP contribution is 2.25. The quantitative estimate of drug-likeness (QED) is 0.448. The van der Waals surface area contributed by atoms with Crippen LogP contribution < -0.4 is 19.1 Å². The molecule has 0 bridgehead atoms. The third-order valence-electron chi connectivity index (χ3n) is 5.68. The van der Waals surface area contributed by atoms with E-state index in [4.69, 9.17) is 18.6 Å².